The first kappa shape index (κ1) is 19.1. The number of hydrogen-bond donors (Lipinski definition) is 2. The second-order valence-corrected chi connectivity index (χ2v) is 9.02. The molecule has 0 radical (unpaired) electrons. The Morgan fingerprint density at radius 3 is 2.15 bits per heavy atom. The van der Waals surface area contributed by atoms with Gasteiger partial charge in [0.15, 0.2) is 0 Å². The standard InChI is InChI=1S/C23H38N4/c24-20-8-6-19(7-9-20)18-25-21-10-12-23(13-11-21)27-16-14-26(15-17-27)22-4-2-1-3-5-22/h10-13,19-20,22,25H,1-9,14-18,24H2. The van der Waals surface area contributed by atoms with Crippen LogP contribution in [0, 0.1) is 5.92 Å². The van der Waals surface area contributed by atoms with E-state index in [1.807, 2.05) is 0 Å². The van der Waals surface area contributed by atoms with E-state index in [0.29, 0.717) is 6.04 Å². The topological polar surface area (TPSA) is 44.5 Å². The summed E-state index contributed by atoms with van der Waals surface area (Å²) in [5, 5.41) is 3.64. The number of benzene rings is 1. The van der Waals surface area contributed by atoms with Crippen LogP contribution in [0.2, 0.25) is 0 Å². The summed E-state index contributed by atoms with van der Waals surface area (Å²) >= 11 is 0. The van der Waals surface area contributed by atoms with Gasteiger partial charge in [0, 0.05) is 56.2 Å². The summed E-state index contributed by atoms with van der Waals surface area (Å²) in [5.41, 5.74) is 8.66. The highest BCUT2D eigenvalue weighted by Crippen LogP contribution is 2.26. The summed E-state index contributed by atoms with van der Waals surface area (Å²) in [5.74, 6) is 0.789. The molecule has 0 spiro atoms. The third-order valence-electron chi connectivity index (χ3n) is 7.12. The van der Waals surface area contributed by atoms with Gasteiger partial charge in [-0.05, 0) is 68.7 Å². The van der Waals surface area contributed by atoms with Crippen LogP contribution in [0.3, 0.4) is 0 Å². The van der Waals surface area contributed by atoms with Crippen molar-refractivity contribution in [1.29, 1.82) is 0 Å². The first-order valence-electron chi connectivity index (χ1n) is 11.4. The van der Waals surface area contributed by atoms with Crippen molar-refractivity contribution in [1.82, 2.24) is 4.90 Å². The number of nitrogens with one attached hydrogen (secondary N) is 1. The van der Waals surface area contributed by atoms with Crippen LogP contribution in [0.4, 0.5) is 11.4 Å². The molecule has 2 aliphatic carbocycles. The molecular formula is C23H38N4. The van der Waals surface area contributed by atoms with Crippen LogP contribution in [-0.4, -0.2) is 49.7 Å². The lowest BCUT2D eigenvalue weighted by Gasteiger charge is -2.41. The van der Waals surface area contributed by atoms with E-state index in [-0.39, 0.29) is 0 Å². The first-order chi connectivity index (χ1) is 13.3. The summed E-state index contributed by atoms with van der Waals surface area (Å²) in [6, 6.07) is 10.4. The molecule has 0 unspecified atom stereocenters. The second kappa shape index (κ2) is 9.29. The minimum absolute atomic E-state index is 0.444. The molecule has 0 bridgehead atoms. The Morgan fingerprint density at radius 1 is 0.815 bits per heavy atom. The van der Waals surface area contributed by atoms with Crippen LogP contribution in [0.5, 0.6) is 0 Å². The van der Waals surface area contributed by atoms with Crippen LogP contribution < -0.4 is 16.0 Å². The van der Waals surface area contributed by atoms with Crippen LogP contribution in [0.15, 0.2) is 24.3 Å². The number of nitrogens with two attached hydrogens (primary N) is 1. The van der Waals surface area contributed by atoms with Gasteiger partial charge in [-0.2, -0.15) is 0 Å². The van der Waals surface area contributed by atoms with E-state index >= 15 is 0 Å². The van der Waals surface area contributed by atoms with Crippen molar-refractivity contribution in [3.8, 4) is 0 Å². The van der Waals surface area contributed by atoms with Gasteiger partial charge in [-0.15, -0.1) is 0 Å². The predicted molar refractivity (Wildman–Crippen MR) is 116 cm³/mol. The molecule has 1 heterocycles. The minimum Gasteiger partial charge on any atom is -0.385 e. The minimum atomic E-state index is 0.444. The van der Waals surface area contributed by atoms with E-state index in [1.54, 1.807) is 0 Å². The van der Waals surface area contributed by atoms with Gasteiger partial charge < -0.3 is 16.0 Å². The van der Waals surface area contributed by atoms with E-state index < -0.39 is 0 Å². The molecule has 2 saturated carbocycles. The van der Waals surface area contributed by atoms with E-state index in [2.05, 4.69) is 39.4 Å². The van der Waals surface area contributed by atoms with Gasteiger partial charge in [0.2, 0.25) is 0 Å². The smallest absolute Gasteiger partial charge is 0.0368 e. The van der Waals surface area contributed by atoms with Gasteiger partial charge >= 0.3 is 0 Å². The fourth-order valence-corrected chi connectivity index (χ4v) is 5.24. The number of piperazine rings is 1. The SMILES string of the molecule is NC1CCC(CNc2ccc(N3CCN(C4CCCCC4)CC3)cc2)CC1. The van der Waals surface area contributed by atoms with Crippen molar-refractivity contribution < 1.29 is 0 Å². The van der Waals surface area contributed by atoms with Crippen LogP contribution in [-0.2, 0) is 0 Å². The Labute approximate surface area is 165 Å². The molecule has 0 atom stereocenters. The Hall–Kier alpha value is -1.26. The molecule has 4 heteroatoms. The van der Waals surface area contributed by atoms with Gasteiger partial charge in [-0.25, -0.2) is 0 Å². The molecule has 0 aromatic heterocycles. The molecule has 1 aliphatic heterocycles. The largest absolute Gasteiger partial charge is 0.385 e. The molecule has 3 N–H and O–H groups in total. The van der Waals surface area contributed by atoms with Crippen LogP contribution in [0.1, 0.15) is 57.8 Å². The highest BCUT2D eigenvalue weighted by atomic mass is 15.3. The highest BCUT2D eigenvalue weighted by molar-refractivity contribution is 5.55. The lowest BCUT2D eigenvalue weighted by Crippen LogP contribution is -2.50. The predicted octanol–water partition coefficient (Wildman–Crippen LogP) is 4.07. The van der Waals surface area contributed by atoms with Gasteiger partial charge in [-0.3, -0.25) is 4.90 Å². The Balaban J connectivity index is 1.22. The van der Waals surface area contributed by atoms with E-state index in [0.717, 1.165) is 18.5 Å². The van der Waals surface area contributed by atoms with Gasteiger partial charge in [0.05, 0.1) is 0 Å². The summed E-state index contributed by atoms with van der Waals surface area (Å²) in [4.78, 5) is 5.31. The summed E-state index contributed by atoms with van der Waals surface area (Å²) < 4.78 is 0. The zero-order chi connectivity index (χ0) is 18.5. The lowest BCUT2D eigenvalue weighted by molar-refractivity contribution is 0.148. The average Bonchev–Trinajstić information content (AvgIpc) is 2.75. The third-order valence-corrected chi connectivity index (χ3v) is 7.12. The molecule has 1 aromatic carbocycles. The van der Waals surface area contributed by atoms with Gasteiger partial charge in [0.25, 0.3) is 0 Å². The third kappa shape index (κ3) is 5.17. The van der Waals surface area contributed by atoms with Gasteiger partial charge in [0.1, 0.15) is 0 Å². The fourth-order valence-electron chi connectivity index (χ4n) is 5.24. The van der Waals surface area contributed by atoms with E-state index in [1.165, 1.54) is 95.3 Å². The number of anilines is 2. The maximum absolute atomic E-state index is 6.01. The molecule has 1 aromatic rings. The highest BCUT2D eigenvalue weighted by Gasteiger charge is 2.25. The lowest BCUT2D eigenvalue weighted by atomic mass is 9.86. The number of rotatable bonds is 5. The number of nitrogens with zero attached hydrogens (tertiary/aromatic N) is 2. The Kier molecular flexibility index (Phi) is 6.56. The molecular weight excluding hydrogens is 332 g/mol. The zero-order valence-electron chi connectivity index (χ0n) is 16.9. The van der Waals surface area contributed by atoms with Crippen molar-refractivity contribution in [2.24, 2.45) is 11.7 Å². The van der Waals surface area contributed by atoms with Crippen LogP contribution in [0.25, 0.3) is 0 Å². The number of hydrogen-bond acceptors (Lipinski definition) is 4. The molecule has 27 heavy (non-hydrogen) atoms. The van der Waals surface area contributed by atoms with Crippen molar-refractivity contribution in [2.75, 3.05) is 42.9 Å². The molecule has 4 nitrogen and oxygen atoms in total. The first-order valence-corrected chi connectivity index (χ1v) is 11.4. The molecule has 3 fully saturated rings. The summed E-state index contributed by atoms with van der Waals surface area (Å²) in [6.45, 7) is 5.90. The van der Waals surface area contributed by atoms with Crippen LogP contribution >= 0.6 is 0 Å². The molecule has 1 saturated heterocycles. The molecule has 150 valence electrons. The van der Waals surface area contributed by atoms with Crippen molar-refractivity contribution in [3.05, 3.63) is 24.3 Å². The maximum atomic E-state index is 6.01. The van der Waals surface area contributed by atoms with Crippen molar-refractivity contribution in [2.45, 2.75) is 69.9 Å². The molecule has 3 aliphatic rings. The molecule has 4 rings (SSSR count). The summed E-state index contributed by atoms with van der Waals surface area (Å²) in [7, 11) is 0. The monoisotopic (exact) mass is 370 g/mol. The quantitative estimate of drug-likeness (QED) is 0.820. The summed E-state index contributed by atoms with van der Waals surface area (Å²) in [6.07, 6.45) is 12.1. The zero-order valence-corrected chi connectivity index (χ0v) is 16.9. The van der Waals surface area contributed by atoms with E-state index in [4.69, 9.17) is 5.73 Å². The van der Waals surface area contributed by atoms with Crippen molar-refractivity contribution >= 4 is 11.4 Å². The molecule has 0 amide bonds. The second-order valence-electron chi connectivity index (χ2n) is 9.02. The van der Waals surface area contributed by atoms with Gasteiger partial charge in [-0.1, -0.05) is 19.3 Å². The van der Waals surface area contributed by atoms with Crippen molar-refractivity contribution in [3.63, 3.8) is 0 Å². The maximum Gasteiger partial charge on any atom is 0.0368 e. The average molecular weight is 371 g/mol. The Morgan fingerprint density at radius 2 is 1.48 bits per heavy atom. The Bertz CT molecular complexity index is 550. The normalized spacial score (nSPS) is 28.3. The van der Waals surface area contributed by atoms with E-state index in [9.17, 15) is 0 Å². The fraction of sp³-hybridized carbons (Fsp3) is 0.739.